The van der Waals surface area contributed by atoms with Gasteiger partial charge in [-0.15, -0.1) is 0 Å². The highest BCUT2D eigenvalue weighted by molar-refractivity contribution is 9.10. The van der Waals surface area contributed by atoms with Crippen LogP contribution < -0.4 is 4.90 Å². The molecule has 0 amide bonds. The predicted molar refractivity (Wildman–Crippen MR) is 67.2 cm³/mol. The minimum Gasteiger partial charge on any atom is -0.358 e. The molecule has 0 saturated heterocycles. The van der Waals surface area contributed by atoms with Gasteiger partial charge >= 0.3 is 0 Å². The first-order chi connectivity index (χ1) is 7.56. The van der Waals surface area contributed by atoms with E-state index in [9.17, 15) is 0 Å². The highest BCUT2D eigenvalue weighted by Gasteiger charge is 2.09. The minimum atomic E-state index is -0.0104. The molecule has 0 N–H and O–H groups in total. The standard InChI is InChI=1S/C11H15BrN4/c1-4-10-14-9(12)5-11(15-10)16(3)7-8(2)6-13/h5,8H,4,7H2,1-3H3. The first kappa shape index (κ1) is 12.9. The number of halogens is 1. The van der Waals surface area contributed by atoms with Crippen molar-refractivity contribution in [3.8, 4) is 6.07 Å². The average molecular weight is 283 g/mol. The van der Waals surface area contributed by atoms with E-state index in [0.29, 0.717) is 6.54 Å². The molecule has 0 fully saturated rings. The molecule has 0 aliphatic rings. The Labute approximate surface area is 104 Å². The Kier molecular flexibility index (Phi) is 4.69. The Morgan fingerprint density at radius 2 is 2.25 bits per heavy atom. The number of nitrogens with zero attached hydrogens (tertiary/aromatic N) is 4. The molecule has 16 heavy (non-hydrogen) atoms. The Balaban J connectivity index is 2.87. The number of nitriles is 1. The number of hydrogen-bond acceptors (Lipinski definition) is 4. The summed E-state index contributed by atoms with van der Waals surface area (Å²) in [5.41, 5.74) is 0. The van der Waals surface area contributed by atoms with Crippen LogP contribution in [0.3, 0.4) is 0 Å². The molecule has 1 heterocycles. The Bertz CT molecular complexity index is 399. The summed E-state index contributed by atoms with van der Waals surface area (Å²) in [6.45, 7) is 4.58. The third-order valence-electron chi connectivity index (χ3n) is 2.20. The Morgan fingerprint density at radius 3 is 2.81 bits per heavy atom. The average Bonchev–Trinajstić information content (AvgIpc) is 2.27. The molecule has 0 bridgehead atoms. The fourth-order valence-corrected chi connectivity index (χ4v) is 1.76. The summed E-state index contributed by atoms with van der Waals surface area (Å²) >= 11 is 3.36. The molecule has 0 saturated carbocycles. The van der Waals surface area contributed by atoms with Crippen LogP contribution in [0.4, 0.5) is 5.82 Å². The summed E-state index contributed by atoms with van der Waals surface area (Å²) in [7, 11) is 1.93. The molecule has 1 rings (SSSR count). The SMILES string of the molecule is CCc1nc(Br)cc(N(C)CC(C)C#N)n1. The highest BCUT2D eigenvalue weighted by Crippen LogP contribution is 2.16. The molecule has 86 valence electrons. The predicted octanol–water partition coefficient (Wildman–Crippen LogP) is 2.40. The van der Waals surface area contributed by atoms with Crippen molar-refractivity contribution in [3.05, 3.63) is 16.5 Å². The minimum absolute atomic E-state index is 0.0104. The van der Waals surface area contributed by atoms with Crippen LogP contribution >= 0.6 is 15.9 Å². The fraction of sp³-hybridized carbons (Fsp3) is 0.545. The maximum atomic E-state index is 8.77. The van der Waals surface area contributed by atoms with Crippen LogP contribution in [-0.2, 0) is 6.42 Å². The van der Waals surface area contributed by atoms with Crippen LogP contribution in [0.5, 0.6) is 0 Å². The normalized spacial score (nSPS) is 11.9. The number of aryl methyl sites for hydroxylation is 1. The second kappa shape index (κ2) is 5.80. The van der Waals surface area contributed by atoms with Crippen LogP contribution in [-0.4, -0.2) is 23.6 Å². The first-order valence-corrected chi connectivity index (χ1v) is 6.00. The van der Waals surface area contributed by atoms with E-state index in [2.05, 4.69) is 32.0 Å². The fourth-order valence-electron chi connectivity index (χ4n) is 1.35. The zero-order valence-electron chi connectivity index (χ0n) is 9.74. The quantitative estimate of drug-likeness (QED) is 0.796. The number of rotatable bonds is 4. The summed E-state index contributed by atoms with van der Waals surface area (Å²) in [6, 6.07) is 4.08. The van der Waals surface area contributed by atoms with Crippen molar-refractivity contribution >= 4 is 21.7 Å². The van der Waals surface area contributed by atoms with E-state index in [0.717, 1.165) is 22.7 Å². The highest BCUT2D eigenvalue weighted by atomic mass is 79.9. The lowest BCUT2D eigenvalue weighted by molar-refractivity contribution is 0.706. The Morgan fingerprint density at radius 1 is 1.56 bits per heavy atom. The van der Waals surface area contributed by atoms with Crippen molar-refractivity contribution < 1.29 is 0 Å². The van der Waals surface area contributed by atoms with Crippen molar-refractivity contribution in [3.63, 3.8) is 0 Å². The van der Waals surface area contributed by atoms with Crippen molar-refractivity contribution in [2.24, 2.45) is 5.92 Å². The molecule has 1 unspecified atom stereocenters. The molecule has 0 radical (unpaired) electrons. The molecule has 1 aromatic rings. The van der Waals surface area contributed by atoms with E-state index in [1.54, 1.807) is 0 Å². The zero-order chi connectivity index (χ0) is 12.1. The summed E-state index contributed by atoms with van der Waals surface area (Å²) in [6.07, 6.45) is 0.800. The summed E-state index contributed by atoms with van der Waals surface area (Å²) in [5.74, 6) is 1.64. The van der Waals surface area contributed by atoms with Gasteiger partial charge in [0.15, 0.2) is 0 Å². The van der Waals surface area contributed by atoms with E-state index >= 15 is 0 Å². The van der Waals surface area contributed by atoms with E-state index in [4.69, 9.17) is 5.26 Å². The van der Waals surface area contributed by atoms with E-state index in [1.807, 2.05) is 31.9 Å². The lowest BCUT2D eigenvalue weighted by Gasteiger charge is -2.19. The van der Waals surface area contributed by atoms with Gasteiger partial charge in [0.2, 0.25) is 0 Å². The number of aromatic nitrogens is 2. The number of anilines is 1. The maximum Gasteiger partial charge on any atom is 0.133 e. The lowest BCUT2D eigenvalue weighted by Crippen LogP contribution is -2.24. The van der Waals surface area contributed by atoms with E-state index in [1.165, 1.54) is 0 Å². The first-order valence-electron chi connectivity index (χ1n) is 5.21. The van der Waals surface area contributed by atoms with Crippen molar-refractivity contribution in [1.82, 2.24) is 9.97 Å². The van der Waals surface area contributed by atoms with Gasteiger partial charge in [-0.1, -0.05) is 6.92 Å². The van der Waals surface area contributed by atoms with Crippen LogP contribution in [0, 0.1) is 17.2 Å². The van der Waals surface area contributed by atoms with E-state index in [-0.39, 0.29) is 5.92 Å². The molecule has 5 heteroatoms. The molecule has 0 aliphatic heterocycles. The monoisotopic (exact) mass is 282 g/mol. The molecule has 1 aromatic heterocycles. The van der Waals surface area contributed by atoms with E-state index < -0.39 is 0 Å². The lowest BCUT2D eigenvalue weighted by atomic mass is 10.2. The van der Waals surface area contributed by atoms with Crippen molar-refractivity contribution in [2.45, 2.75) is 20.3 Å². The summed E-state index contributed by atoms with van der Waals surface area (Å²) < 4.78 is 0.783. The van der Waals surface area contributed by atoms with Gasteiger partial charge in [0.1, 0.15) is 16.2 Å². The van der Waals surface area contributed by atoms with Gasteiger partial charge in [-0.3, -0.25) is 0 Å². The number of hydrogen-bond donors (Lipinski definition) is 0. The van der Waals surface area contributed by atoms with Crippen molar-refractivity contribution in [1.29, 1.82) is 5.26 Å². The molecule has 1 atom stereocenters. The van der Waals surface area contributed by atoms with Crippen LogP contribution in [0.25, 0.3) is 0 Å². The zero-order valence-corrected chi connectivity index (χ0v) is 11.3. The second-order valence-electron chi connectivity index (χ2n) is 3.73. The van der Waals surface area contributed by atoms with Gasteiger partial charge in [-0.05, 0) is 22.9 Å². The van der Waals surface area contributed by atoms with Crippen LogP contribution in [0.1, 0.15) is 19.7 Å². The van der Waals surface area contributed by atoms with Gasteiger partial charge in [-0.25, -0.2) is 9.97 Å². The summed E-state index contributed by atoms with van der Waals surface area (Å²) in [4.78, 5) is 10.6. The van der Waals surface area contributed by atoms with Gasteiger partial charge in [0.25, 0.3) is 0 Å². The molecular formula is C11H15BrN4. The molecular weight excluding hydrogens is 268 g/mol. The molecule has 0 aliphatic carbocycles. The molecule has 4 nitrogen and oxygen atoms in total. The van der Waals surface area contributed by atoms with Crippen molar-refractivity contribution in [2.75, 3.05) is 18.5 Å². The largest absolute Gasteiger partial charge is 0.358 e. The summed E-state index contributed by atoms with van der Waals surface area (Å²) in [5, 5.41) is 8.77. The van der Waals surface area contributed by atoms with Gasteiger partial charge in [-0.2, -0.15) is 5.26 Å². The van der Waals surface area contributed by atoms with Crippen LogP contribution in [0.2, 0.25) is 0 Å². The Hall–Kier alpha value is -1.15. The van der Waals surface area contributed by atoms with Gasteiger partial charge < -0.3 is 4.90 Å². The molecule has 0 aromatic carbocycles. The van der Waals surface area contributed by atoms with Crippen LogP contribution in [0.15, 0.2) is 10.7 Å². The third-order valence-corrected chi connectivity index (χ3v) is 2.61. The topological polar surface area (TPSA) is 52.8 Å². The smallest absolute Gasteiger partial charge is 0.133 e. The third kappa shape index (κ3) is 3.46. The molecule has 0 spiro atoms. The maximum absolute atomic E-state index is 8.77. The van der Waals surface area contributed by atoms with Gasteiger partial charge in [0, 0.05) is 26.1 Å². The second-order valence-corrected chi connectivity index (χ2v) is 4.54. The van der Waals surface area contributed by atoms with Gasteiger partial charge in [0.05, 0.1) is 12.0 Å².